The summed E-state index contributed by atoms with van der Waals surface area (Å²) in [6.45, 7) is 0.301. The van der Waals surface area contributed by atoms with Crippen molar-refractivity contribution in [2.24, 2.45) is 5.73 Å². The largest absolute Gasteiger partial charge is 0.481 e. The number of nitrogen functional groups attached to an aromatic ring is 1. The first-order valence-corrected chi connectivity index (χ1v) is 23.4. The van der Waals surface area contributed by atoms with E-state index in [0.717, 1.165) is 0 Å². The van der Waals surface area contributed by atoms with E-state index in [4.69, 9.17) is 36.0 Å². The molecule has 55 heavy (non-hydrogen) atoms. The van der Waals surface area contributed by atoms with Crippen LogP contribution in [0.1, 0.15) is 50.3 Å². The van der Waals surface area contributed by atoms with Crippen molar-refractivity contribution in [3.05, 3.63) is 18.1 Å². The van der Waals surface area contributed by atoms with Crippen LogP contribution in [-0.2, 0) is 38.0 Å². The van der Waals surface area contributed by atoms with Gasteiger partial charge in [0, 0.05) is 30.5 Å². The monoisotopic (exact) mass is 864 g/mol. The number of nitrogens with two attached hydrogens (primary N) is 2. The topological polar surface area (TPSA) is 321 Å². The summed E-state index contributed by atoms with van der Waals surface area (Å²) < 4.78 is 13.4. The van der Waals surface area contributed by atoms with Crippen LogP contribution < -0.4 is 27.4 Å². The van der Waals surface area contributed by atoms with E-state index in [2.05, 4.69) is 50.3 Å². The third-order valence-electron chi connectivity index (χ3n) is 7.72. The molecule has 1 aliphatic heterocycles. The fourth-order valence-corrected chi connectivity index (χ4v) is 7.98. The van der Waals surface area contributed by atoms with Gasteiger partial charge in [-0.2, -0.15) is 0 Å². The third-order valence-corrected chi connectivity index (χ3v) is 11.6. The number of anilines is 1. The summed E-state index contributed by atoms with van der Waals surface area (Å²) in [6, 6.07) is -4.62. The number of aliphatic carboxylic acids is 3. The van der Waals surface area contributed by atoms with Crippen molar-refractivity contribution < 1.29 is 58.5 Å². The molecule has 1 saturated heterocycles. The molecule has 0 radical (unpaired) electrons. The SMILES string of the molecule is Nc1ncnc2c1c(C#CCNC(=O)CCSSCCCC(N)C(=O)NC(CC(=O)O)C(=O)NC(CC(=O)O)C(=O)O)cn2C1CC(O)C(COP(P)P)O1. The number of nitrogens with one attached hydrogen (secondary N) is 3. The molecule has 3 amide bonds. The van der Waals surface area contributed by atoms with Crippen molar-refractivity contribution in [3.63, 3.8) is 0 Å². The average Bonchev–Trinajstić information content (AvgIpc) is 3.67. The van der Waals surface area contributed by atoms with Crippen LogP contribution in [0, 0.1) is 11.8 Å². The highest BCUT2D eigenvalue weighted by Gasteiger charge is 2.36. The smallest absolute Gasteiger partial charge is 0.326 e. The predicted octanol–water partition coefficient (Wildman–Crippen LogP) is 0.00590. The van der Waals surface area contributed by atoms with Gasteiger partial charge in [0.25, 0.3) is 0 Å². The van der Waals surface area contributed by atoms with Gasteiger partial charge in [-0.3, -0.25) is 24.0 Å². The van der Waals surface area contributed by atoms with Crippen LogP contribution in [0.25, 0.3) is 11.0 Å². The molecule has 8 unspecified atom stereocenters. The van der Waals surface area contributed by atoms with Gasteiger partial charge in [-0.05, 0) is 12.8 Å². The Bertz CT molecular complexity index is 1760. The molecule has 0 aromatic carbocycles. The van der Waals surface area contributed by atoms with Gasteiger partial charge in [-0.1, -0.05) is 51.3 Å². The van der Waals surface area contributed by atoms with Gasteiger partial charge in [-0.25, -0.2) is 14.8 Å². The lowest BCUT2D eigenvalue weighted by molar-refractivity contribution is -0.148. The lowest BCUT2D eigenvalue weighted by Crippen LogP contribution is -2.55. The standard InChI is InChI=1S/C30H43N8O12P3S2/c31-16(28(45)36-17(9-23(41)42)29(46)37-18(30(47)48)10-24(43)44)4-2-7-54-55-8-5-21(40)33-6-1-3-15-12-38(27-25(15)26(32)34-14-35-27)22-11-19(39)20(50-22)13-49-53(51)52/h12,14,16-20,22,39H,2,4-11,13,31,51-52H2,(H,33,40)(H,36,45)(H,37,46)(H,41,42)(H,43,44)(H,47,48)(H2,32,34,35). The number of fused-ring (bicyclic) bond motifs is 1. The van der Waals surface area contributed by atoms with Crippen LogP contribution in [-0.4, -0.2) is 126 Å². The Morgan fingerprint density at radius 1 is 1.05 bits per heavy atom. The van der Waals surface area contributed by atoms with Crippen molar-refractivity contribution in [3.8, 4) is 11.8 Å². The molecule has 0 saturated carbocycles. The first-order valence-electron chi connectivity index (χ1n) is 16.5. The maximum absolute atomic E-state index is 12.5. The predicted molar refractivity (Wildman–Crippen MR) is 211 cm³/mol. The molecule has 2 aromatic heterocycles. The molecular weight excluding hydrogens is 821 g/mol. The van der Waals surface area contributed by atoms with E-state index in [1.807, 2.05) is 5.32 Å². The van der Waals surface area contributed by atoms with Gasteiger partial charge in [0.05, 0.1) is 56.6 Å². The minimum atomic E-state index is -1.83. The van der Waals surface area contributed by atoms with E-state index < -0.39 is 86.7 Å². The number of carboxylic acids is 3. The van der Waals surface area contributed by atoms with E-state index in [0.29, 0.717) is 40.9 Å². The number of carbonyl (C=O) groups excluding carboxylic acids is 3. The number of ether oxygens (including phenoxy) is 1. The molecule has 3 heterocycles. The summed E-state index contributed by atoms with van der Waals surface area (Å²) >= 11 is 0. The summed E-state index contributed by atoms with van der Waals surface area (Å²) in [4.78, 5) is 79.2. The van der Waals surface area contributed by atoms with E-state index in [9.17, 15) is 33.9 Å². The van der Waals surface area contributed by atoms with E-state index in [1.54, 1.807) is 10.8 Å². The fourth-order valence-electron chi connectivity index (χ4n) is 5.04. The Morgan fingerprint density at radius 3 is 2.40 bits per heavy atom. The molecule has 25 heteroatoms. The van der Waals surface area contributed by atoms with Crippen molar-refractivity contribution in [2.75, 3.05) is 30.4 Å². The summed E-state index contributed by atoms with van der Waals surface area (Å²) in [7, 11) is 7.22. The number of aliphatic hydroxyl groups is 1. The highest BCUT2D eigenvalue weighted by atomic mass is 33.1. The maximum atomic E-state index is 12.5. The molecule has 1 aliphatic rings. The maximum Gasteiger partial charge on any atom is 0.326 e. The van der Waals surface area contributed by atoms with Gasteiger partial charge in [0.1, 0.15) is 42.2 Å². The number of aromatic nitrogens is 3. The van der Waals surface area contributed by atoms with Gasteiger partial charge in [-0.15, -0.1) is 0 Å². The minimum Gasteiger partial charge on any atom is -0.481 e. The number of rotatable bonds is 22. The second-order valence-corrected chi connectivity index (χ2v) is 20.4. The number of hydrogen-bond acceptors (Lipinski definition) is 15. The number of hydrogen-bond donors (Lipinski definition) is 9. The second kappa shape index (κ2) is 23.0. The van der Waals surface area contributed by atoms with Gasteiger partial charge >= 0.3 is 17.9 Å². The van der Waals surface area contributed by atoms with E-state index in [-0.39, 0.29) is 37.7 Å². The molecule has 0 aliphatic carbocycles. The Balaban J connectivity index is 1.38. The molecule has 3 rings (SSSR count). The number of amides is 3. The minimum absolute atomic E-state index is 0.0689. The zero-order chi connectivity index (χ0) is 40.7. The highest BCUT2D eigenvalue weighted by Crippen LogP contribution is 2.54. The molecule has 2 aromatic rings. The molecule has 11 N–H and O–H groups in total. The lowest BCUT2D eigenvalue weighted by Gasteiger charge is -2.21. The zero-order valence-electron chi connectivity index (χ0n) is 29.2. The van der Waals surface area contributed by atoms with Crippen LogP contribution in [0.15, 0.2) is 12.5 Å². The lowest BCUT2D eigenvalue weighted by atomic mass is 10.1. The third kappa shape index (κ3) is 15.2. The zero-order valence-corrected chi connectivity index (χ0v) is 34.0. The number of nitrogens with zero attached hydrogens (tertiary/aromatic N) is 3. The van der Waals surface area contributed by atoms with E-state index in [1.165, 1.54) is 27.9 Å². The quantitative estimate of drug-likeness (QED) is 0.0326. The summed E-state index contributed by atoms with van der Waals surface area (Å²) in [5, 5.41) is 45.0. The Hall–Kier alpha value is -3.37. The Labute approximate surface area is 328 Å². The Kier molecular flexibility index (Phi) is 19.2. The molecule has 8 atom stereocenters. The first-order chi connectivity index (χ1) is 26.1. The van der Waals surface area contributed by atoms with Crippen molar-refractivity contribution in [2.45, 2.75) is 75.1 Å². The molecule has 302 valence electrons. The van der Waals surface area contributed by atoms with Gasteiger partial charge < -0.3 is 61.7 Å². The van der Waals surface area contributed by atoms with Crippen LogP contribution >= 0.6 is 47.0 Å². The molecule has 0 spiro atoms. The van der Waals surface area contributed by atoms with Crippen LogP contribution in [0.3, 0.4) is 0 Å². The summed E-state index contributed by atoms with van der Waals surface area (Å²) in [5.74, 6) is 0.354. The first kappa shape index (κ1) is 46.0. The fraction of sp³-hybridized carbons (Fsp3) is 0.533. The number of aliphatic hydroxyl groups excluding tert-OH is 1. The molecule has 1 fully saturated rings. The van der Waals surface area contributed by atoms with Crippen LogP contribution in [0.4, 0.5) is 5.82 Å². The Morgan fingerprint density at radius 2 is 1.73 bits per heavy atom. The highest BCUT2D eigenvalue weighted by molar-refractivity contribution is 8.76. The molecule has 0 bridgehead atoms. The average molecular weight is 865 g/mol. The summed E-state index contributed by atoms with van der Waals surface area (Å²) in [6.07, 6.45) is 0.621. The van der Waals surface area contributed by atoms with Gasteiger partial charge in [0.2, 0.25) is 17.7 Å². The molecular formula is C30H43N8O12P3S2. The normalized spacial score (nSPS) is 18.2. The number of carboxylic acid groups (broad SMARTS) is 3. The molecule has 20 nitrogen and oxygen atoms in total. The van der Waals surface area contributed by atoms with E-state index >= 15 is 0 Å². The number of carbonyl (C=O) groups is 6. The second-order valence-electron chi connectivity index (χ2n) is 11.9. The van der Waals surface area contributed by atoms with Crippen molar-refractivity contribution in [1.82, 2.24) is 30.5 Å². The summed E-state index contributed by atoms with van der Waals surface area (Å²) in [5.41, 5.74) is 13.1. The van der Waals surface area contributed by atoms with Crippen molar-refractivity contribution in [1.29, 1.82) is 0 Å². The van der Waals surface area contributed by atoms with Gasteiger partial charge in [0.15, 0.2) is 0 Å². The van der Waals surface area contributed by atoms with Crippen molar-refractivity contribution >= 4 is 99.5 Å². The van der Waals surface area contributed by atoms with Crippen LogP contribution in [0.5, 0.6) is 0 Å². The van der Waals surface area contributed by atoms with Crippen LogP contribution in [0.2, 0.25) is 0 Å².